The highest BCUT2D eigenvalue weighted by atomic mass is 35.5. The molecule has 3 N–H and O–H groups in total. The zero-order valence-corrected chi connectivity index (χ0v) is 25.1. The first-order chi connectivity index (χ1) is 21.5. The summed E-state index contributed by atoms with van der Waals surface area (Å²) in [4.78, 5) is 27.7. The summed E-state index contributed by atoms with van der Waals surface area (Å²) < 4.78 is 87.3. The van der Waals surface area contributed by atoms with Gasteiger partial charge < -0.3 is 19.9 Å². The zero-order chi connectivity index (χ0) is 33.7. The molecule has 2 aliphatic heterocycles. The number of aliphatic hydroxyl groups excluding tert-OH is 1. The number of allylic oxidation sites excluding steroid dienone is 1. The minimum absolute atomic E-state index is 0.00210. The number of aliphatic hydroxyl groups is 1. The predicted octanol–water partition coefficient (Wildman–Crippen LogP) is 6.65. The molecule has 46 heavy (non-hydrogen) atoms. The lowest BCUT2D eigenvalue weighted by Gasteiger charge is -2.43. The highest BCUT2D eigenvalue weighted by Gasteiger charge is 2.58. The molecule has 5 rings (SSSR count). The van der Waals surface area contributed by atoms with E-state index in [4.69, 9.17) is 16.3 Å². The zero-order valence-electron chi connectivity index (χ0n) is 24.3. The van der Waals surface area contributed by atoms with Crippen molar-refractivity contribution in [2.45, 2.75) is 57.4 Å². The molecule has 0 bridgehead atoms. The maximum absolute atomic E-state index is 13.8. The number of phenols is 1. The molecule has 1 aliphatic carbocycles. The normalized spacial score (nSPS) is 24.1. The van der Waals surface area contributed by atoms with Gasteiger partial charge in [-0.2, -0.15) is 26.3 Å². The Hall–Kier alpha value is -3.33. The number of halogens is 7. The van der Waals surface area contributed by atoms with Crippen molar-refractivity contribution in [2.24, 2.45) is 17.8 Å². The first kappa shape index (κ1) is 34.0. The van der Waals surface area contributed by atoms with Gasteiger partial charge in [-0.15, -0.1) is 0 Å². The third-order valence-electron chi connectivity index (χ3n) is 8.85. The average Bonchev–Trinajstić information content (AvgIpc) is 3.23. The number of imide groups is 1. The lowest BCUT2D eigenvalue weighted by molar-refractivity contribution is -0.143. The number of phenolic OH excluding ortho intramolecular Hbond substituents is 1. The van der Waals surface area contributed by atoms with Gasteiger partial charge in [0.15, 0.2) is 0 Å². The molecule has 0 saturated carbocycles. The van der Waals surface area contributed by atoms with Gasteiger partial charge in [0.2, 0.25) is 11.8 Å². The van der Waals surface area contributed by atoms with Gasteiger partial charge >= 0.3 is 19.5 Å². The number of hydrogen-bond acceptors (Lipinski definition) is 6. The van der Waals surface area contributed by atoms with E-state index in [0.717, 1.165) is 5.57 Å². The molecule has 2 aromatic rings. The maximum Gasteiger partial charge on any atom is 0.455 e. The topological polar surface area (TPSA) is 107 Å². The lowest BCUT2D eigenvalue weighted by Crippen LogP contribution is -2.46. The number of rotatable bonds is 7. The molecule has 15 heteroatoms. The molecular weight excluding hydrogens is 643 g/mol. The largest absolute Gasteiger partial charge is 0.508 e. The Morgan fingerprint density at radius 3 is 2.26 bits per heavy atom. The highest BCUT2D eigenvalue weighted by molar-refractivity contribution is 6.43. The van der Waals surface area contributed by atoms with Crippen LogP contribution in [0.15, 0.2) is 53.1 Å². The van der Waals surface area contributed by atoms with Crippen LogP contribution in [-0.2, 0) is 26.6 Å². The van der Waals surface area contributed by atoms with E-state index in [0.29, 0.717) is 51.6 Å². The number of nitrogens with zero attached hydrogens (tertiary/aromatic N) is 1. The van der Waals surface area contributed by atoms with Crippen LogP contribution < -0.4 is 4.90 Å². The van der Waals surface area contributed by atoms with E-state index in [1.807, 2.05) is 13.0 Å². The van der Waals surface area contributed by atoms with Crippen molar-refractivity contribution in [3.05, 3.63) is 74.8 Å². The summed E-state index contributed by atoms with van der Waals surface area (Å²) in [7, 11) is -1.39. The van der Waals surface area contributed by atoms with Crippen LogP contribution in [0.2, 0.25) is 11.3 Å². The Bertz CT molecular complexity index is 1580. The fraction of sp³-hybridized carbons (Fsp3) is 0.419. The Labute approximate surface area is 265 Å². The van der Waals surface area contributed by atoms with Crippen molar-refractivity contribution in [3.8, 4) is 5.75 Å². The molecule has 2 heterocycles. The molecule has 7 nitrogen and oxygen atoms in total. The molecule has 2 saturated heterocycles. The Morgan fingerprint density at radius 1 is 1.04 bits per heavy atom. The molecule has 4 atom stereocenters. The molecular formula is C31H29BClF6NO6. The van der Waals surface area contributed by atoms with Crippen molar-refractivity contribution >= 4 is 42.3 Å². The molecule has 0 unspecified atom stereocenters. The van der Waals surface area contributed by atoms with Crippen LogP contribution in [0, 0.1) is 17.8 Å². The third kappa shape index (κ3) is 6.58. The molecule has 3 aliphatic rings. The molecule has 0 radical (unpaired) electrons. The van der Waals surface area contributed by atoms with Gasteiger partial charge in [-0.25, -0.2) is 4.90 Å². The van der Waals surface area contributed by atoms with Crippen molar-refractivity contribution < 1.29 is 55.8 Å². The Balaban J connectivity index is 1.47. The second-order valence-corrected chi connectivity index (χ2v) is 12.1. The summed E-state index contributed by atoms with van der Waals surface area (Å²) in [5.74, 6) is -5.18. The van der Waals surface area contributed by atoms with Gasteiger partial charge in [0.1, 0.15) is 5.75 Å². The molecule has 246 valence electrons. The average molecular weight is 672 g/mol. The summed E-state index contributed by atoms with van der Waals surface area (Å²) >= 11 is 6.25. The van der Waals surface area contributed by atoms with Crippen LogP contribution in [-0.4, -0.2) is 46.9 Å². The number of benzene rings is 2. The van der Waals surface area contributed by atoms with Crippen LogP contribution in [0.5, 0.6) is 5.75 Å². The van der Waals surface area contributed by atoms with Gasteiger partial charge in [0.05, 0.1) is 46.4 Å². The highest BCUT2D eigenvalue weighted by Crippen LogP contribution is 2.52. The van der Waals surface area contributed by atoms with Crippen LogP contribution in [0.4, 0.5) is 32.0 Å². The summed E-state index contributed by atoms with van der Waals surface area (Å²) in [6.07, 6.45) is -8.34. The van der Waals surface area contributed by atoms with Gasteiger partial charge in [-0.05, 0) is 91.0 Å². The van der Waals surface area contributed by atoms with Crippen molar-refractivity contribution in [1.29, 1.82) is 0 Å². The van der Waals surface area contributed by atoms with Gasteiger partial charge in [-0.3, -0.25) is 9.59 Å². The first-order valence-corrected chi connectivity index (χ1v) is 14.9. The molecule has 0 spiro atoms. The monoisotopic (exact) mass is 671 g/mol. The van der Waals surface area contributed by atoms with Gasteiger partial charge in [0, 0.05) is 0 Å². The van der Waals surface area contributed by atoms with E-state index in [1.165, 1.54) is 12.1 Å². The van der Waals surface area contributed by atoms with Crippen molar-refractivity contribution in [1.82, 2.24) is 0 Å². The van der Waals surface area contributed by atoms with E-state index in [-0.39, 0.29) is 31.0 Å². The van der Waals surface area contributed by atoms with Crippen LogP contribution >= 0.6 is 11.6 Å². The van der Waals surface area contributed by atoms with Gasteiger partial charge in [-0.1, -0.05) is 30.2 Å². The first-order valence-electron chi connectivity index (χ1n) is 14.5. The van der Waals surface area contributed by atoms with Crippen LogP contribution in [0.3, 0.4) is 0 Å². The van der Waals surface area contributed by atoms with E-state index >= 15 is 0 Å². The number of alkyl halides is 6. The molecule has 0 aromatic heterocycles. The second kappa shape index (κ2) is 12.7. The number of amides is 2. The fourth-order valence-electron chi connectivity index (χ4n) is 6.75. The third-order valence-corrected chi connectivity index (χ3v) is 9.18. The SMILES string of the molecule is CC/C(=C\c1ccc(O)cc1Cl)CC[C@H]1OB(O)C[C@H]2C1=C(CO)C[C@H]1C(=O)N(c3cc(C(F)(F)F)cc(C(F)(F)F)c3)C(=O)[C@H]12. The Morgan fingerprint density at radius 2 is 1.70 bits per heavy atom. The van der Waals surface area contributed by atoms with Crippen molar-refractivity contribution in [3.63, 3.8) is 0 Å². The lowest BCUT2D eigenvalue weighted by atomic mass is 9.58. The number of fused-ring (bicyclic) bond motifs is 3. The number of anilines is 1. The smallest absolute Gasteiger partial charge is 0.455 e. The van der Waals surface area contributed by atoms with E-state index in [2.05, 4.69) is 0 Å². The minimum atomic E-state index is -5.19. The summed E-state index contributed by atoms with van der Waals surface area (Å²) in [6, 6.07) is 5.12. The summed E-state index contributed by atoms with van der Waals surface area (Å²) in [5, 5.41) is 31.0. The van der Waals surface area contributed by atoms with Crippen molar-refractivity contribution in [2.75, 3.05) is 11.5 Å². The molecule has 2 fully saturated rings. The quantitative estimate of drug-likeness (QED) is 0.132. The van der Waals surface area contributed by atoms with E-state index in [1.54, 1.807) is 6.07 Å². The summed E-state index contributed by atoms with van der Waals surface area (Å²) in [6.45, 7) is 1.38. The minimum Gasteiger partial charge on any atom is -0.508 e. The Kier molecular flexibility index (Phi) is 9.39. The second-order valence-electron chi connectivity index (χ2n) is 11.7. The maximum atomic E-state index is 13.8. The predicted molar refractivity (Wildman–Crippen MR) is 156 cm³/mol. The summed E-state index contributed by atoms with van der Waals surface area (Å²) in [5.41, 5.74) is -1.74. The van der Waals surface area contributed by atoms with E-state index < -0.39 is 78.6 Å². The number of aromatic hydroxyl groups is 1. The fourth-order valence-corrected chi connectivity index (χ4v) is 6.98. The van der Waals surface area contributed by atoms with Crippen LogP contribution in [0.25, 0.3) is 6.08 Å². The number of carbonyl (C=O) groups is 2. The molecule has 2 amide bonds. The number of hydrogen-bond donors (Lipinski definition) is 3. The van der Waals surface area contributed by atoms with E-state index in [9.17, 15) is 51.2 Å². The van der Waals surface area contributed by atoms with Gasteiger partial charge in [0.25, 0.3) is 0 Å². The van der Waals surface area contributed by atoms with Crippen LogP contribution in [0.1, 0.15) is 49.3 Å². The molecule has 2 aromatic carbocycles. The number of carbonyl (C=O) groups excluding carboxylic acids is 2. The standard InChI is InChI=1S/C31H29BClF6NO6/c1-2-15(7-16-4-5-21(42)12-24(16)33)3-6-25-26-17(14-41)8-22-27(23(26)13-32(45)46-25)29(44)40(28(22)43)20-10-18(30(34,35)36)9-19(11-20)31(37,38)39/h4-5,7,9-12,22-23,25,27,41-42,45H,2-3,6,8,13-14H2,1H3/b15-7+/t22-,23+,25-,27-/m1/s1.